The van der Waals surface area contributed by atoms with E-state index in [0.717, 1.165) is 11.3 Å². The van der Waals surface area contributed by atoms with Gasteiger partial charge in [-0.3, -0.25) is 9.78 Å². The highest BCUT2D eigenvalue weighted by Crippen LogP contribution is 2.34. The number of hydrogen-bond donors (Lipinski definition) is 0. The monoisotopic (exact) mass is 239 g/mol. The zero-order chi connectivity index (χ0) is 12.5. The fraction of sp³-hybridized carbons (Fsp3) is 0.200. The molecule has 0 spiro atoms. The maximum Gasteiger partial charge on any atom is 0.170 e. The van der Waals surface area contributed by atoms with E-state index in [2.05, 4.69) is 4.98 Å². The van der Waals surface area contributed by atoms with Crippen molar-refractivity contribution in [2.75, 3.05) is 0 Å². The summed E-state index contributed by atoms with van der Waals surface area (Å²) in [6.07, 6.45) is 1.93. The van der Waals surface area contributed by atoms with Crippen LogP contribution in [0.15, 0.2) is 42.6 Å². The number of aryl methyl sites for hydroxylation is 1. The van der Waals surface area contributed by atoms with Crippen molar-refractivity contribution in [3.05, 3.63) is 59.4 Å². The predicted molar refractivity (Wildman–Crippen MR) is 67.7 cm³/mol. The van der Waals surface area contributed by atoms with Gasteiger partial charge in [0, 0.05) is 17.5 Å². The number of Topliss-reactive ketones (excluding diaryl/α,β-unsaturated/α-hetero) is 1. The van der Waals surface area contributed by atoms with Crippen LogP contribution in [0.2, 0.25) is 0 Å². The van der Waals surface area contributed by atoms with Crippen molar-refractivity contribution >= 4 is 5.78 Å². The number of para-hydroxylation sites is 1. The van der Waals surface area contributed by atoms with Crippen LogP contribution in [0.4, 0.5) is 0 Å². The van der Waals surface area contributed by atoms with Gasteiger partial charge in [-0.15, -0.1) is 0 Å². The lowest BCUT2D eigenvalue weighted by molar-refractivity contribution is 0.0850. The number of pyridine rings is 1. The molecule has 1 aromatic carbocycles. The highest BCUT2D eigenvalue weighted by molar-refractivity contribution is 5.99. The van der Waals surface area contributed by atoms with Gasteiger partial charge in [-0.2, -0.15) is 0 Å². The first-order valence-corrected chi connectivity index (χ1v) is 5.95. The molecule has 1 atom stereocenters. The largest absolute Gasteiger partial charge is 0.484 e. The molecule has 1 aliphatic heterocycles. The quantitative estimate of drug-likeness (QED) is 0.767. The molecule has 18 heavy (non-hydrogen) atoms. The highest BCUT2D eigenvalue weighted by atomic mass is 16.5. The SMILES string of the molecule is Cc1ccc(C2CC(=O)c3ccccc3O2)cn1. The topological polar surface area (TPSA) is 39.2 Å². The number of rotatable bonds is 1. The molecule has 1 aliphatic rings. The number of carbonyl (C=O) groups excluding carboxylic acids is 1. The van der Waals surface area contributed by atoms with Crippen molar-refractivity contribution in [1.29, 1.82) is 0 Å². The minimum atomic E-state index is -0.222. The Hall–Kier alpha value is -2.16. The lowest BCUT2D eigenvalue weighted by Crippen LogP contribution is -2.20. The van der Waals surface area contributed by atoms with Gasteiger partial charge in [0.1, 0.15) is 11.9 Å². The summed E-state index contributed by atoms with van der Waals surface area (Å²) in [7, 11) is 0. The summed E-state index contributed by atoms with van der Waals surface area (Å²) in [6.45, 7) is 1.94. The summed E-state index contributed by atoms with van der Waals surface area (Å²) in [5.41, 5.74) is 2.58. The van der Waals surface area contributed by atoms with E-state index in [1.165, 1.54) is 0 Å². The zero-order valence-electron chi connectivity index (χ0n) is 10.1. The van der Waals surface area contributed by atoms with Crippen LogP contribution in [-0.4, -0.2) is 10.8 Å². The van der Waals surface area contributed by atoms with Gasteiger partial charge in [-0.05, 0) is 25.1 Å². The van der Waals surface area contributed by atoms with Gasteiger partial charge in [0.15, 0.2) is 5.78 Å². The molecule has 1 aromatic heterocycles. The van der Waals surface area contributed by atoms with Crippen LogP contribution in [0.1, 0.15) is 34.1 Å². The second-order valence-corrected chi connectivity index (χ2v) is 4.46. The summed E-state index contributed by atoms with van der Waals surface area (Å²) >= 11 is 0. The van der Waals surface area contributed by atoms with E-state index in [9.17, 15) is 4.79 Å². The molecule has 3 heteroatoms. The fourth-order valence-corrected chi connectivity index (χ4v) is 2.13. The zero-order valence-corrected chi connectivity index (χ0v) is 10.1. The summed E-state index contributed by atoms with van der Waals surface area (Å²) in [6, 6.07) is 11.3. The minimum absolute atomic E-state index is 0.127. The van der Waals surface area contributed by atoms with Crippen LogP contribution in [0.5, 0.6) is 5.75 Å². The summed E-state index contributed by atoms with van der Waals surface area (Å²) in [5, 5.41) is 0. The Morgan fingerprint density at radius 2 is 2.06 bits per heavy atom. The molecule has 2 aromatic rings. The Kier molecular flexibility index (Phi) is 2.59. The molecule has 3 rings (SSSR count). The van der Waals surface area contributed by atoms with E-state index in [0.29, 0.717) is 17.7 Å². The molecule has 90 valence electrons. The average Bonchev–Trinajstić information content (AvgIpc) is 2.39. The van der Waals surface area contributed by atoms with E-state index in [-0.39, 0.29) is 11.9 Å². The fourth-order valence-electron chi connectivity index (χ4n) is 2.13. The number of hydrogen-bond acceptors (Lipinski definition) is 3. The summed E-state index contributed by atoms with van der Waals surface area (Å²) < 4.78 is 5.87. The van der Waals surface area contributed by atoms with E-state index in [1.54, 1.807) is 12.3 Å². The van der Waals surface area contributed by atoms with Crippen LogP contribution < -0.4 is 4.74 Å². The third-order valence-corrected chi connectivity index (χ3v) is 3.13. The van der Waals surface area contributed by atoms with Gasteiger partial charge >= 0.3 is 0 Å². The van der Waals surface area contributed by atoms with Crippen molar-refractivity contribution in [3.8, 4) is 5.75 Å². The number of fused-ring (bicyclic) bond motifs is 1. The number of aromatic nitrogens is 1. The molecule has 3 nitrogen and oxygen atoms in total. The van der Waals surface area contributed by atoms with Crippen molar-refractivity contribution < 1.29 is 9.53 Å². The normalized spacial score (nSPS) is 18.1. The second kappa shape index (κ2) is 4.26. The molecule has 0 amide bonds. The molecule has 2 heterocycles. The molecular formula is C15H13NO2. The minimum Gasteiger partial charge on any atom is -0.484 e. The average molecular weight is 239 g/mol. The molecular weight excluding hydrogens is 226 g/mol. The van der Waals surface area contributed by atoms with E-state index >= 15 is 0 Å². The van der Waals surface area contributed by atoms with Gasteiger partial charge < -0.3 is 4.74 Å². The first kappa shape index (κ1) is 11.0. The van der Waals surface area contributed by atoms with Gasteiger partial charge in [0.2, 0.25) is 0 Å². The molecule has 0 N–H and O–H groups in total. The number of benzene rings is 1. The maximum atomic E-state index is 12.0. The van der Waals surface area contributed by atoms with Gasteiger partial charge in [-0.25, -0.2) is 0 Å². The molecule has 0 saturated heterocycles. The first-order valence-electron chi connectivity index (χ1n) is 5.95. The Bertz CT molecular complexity index is 590. The van der Waals surface area contributed by atoms with Crippen LogP contribution >= 0.6 is 0 Å². The Balaban J connectivity index is 1.94. The molecule has 1 unspecified atom stereocenters. The van der Waals surface area contributed by atoms with E-state index in [4.69, 9.17) is 4.74 Å². The third kappa shape index (κ3) is 1.88. The summed E-state index contributed by atoms with van der Waals surface area (Å²) in [4.78, 5) is 16.3. The number of ketones is 1. The number of ether oxygens (including phenoxy) is 1. The van der Waals surface area contributed by atoms with Crippen molar-refractivity contribution in [2.24, 2.45) is 0 Å². The smallest absolute Gasteiger partial charge is 0.170 e. The first-order chi connectivity index (χ1) is 8.74. The third-order valence-electron chi connectivity index (χ3n) is 3.13. The highest BCUT2D eigenvalue weighted by Gasteiger charge is 2.27. The molecule has 0 aliphatic carbocycles. The van der Waals surface area contributed by atoms with Gasteiger partial charge in [0.05, 0.1) is 12.0 Å². The van der Waals surface area contributed by atoms with Gasteiger partial charge in [0.25, 0.3) is 0 Å². The van der Waals surface area contributed by atoms with Crippen LogP contribution in [-0.2, 0) is 0 Å². The standard InChI is InChI=1S/C15H13NO2/c1-10-6-7-11(9-16-10)15-8-13(17)12-4-2-3-5-14(12)18-15/h2-7,9,15H,8H2,1H3. The van der Waals surface area contributed by atoms with Gasteiger partial charge in [-0.1, -0.05) is 18.2 Å². The number of carbonyl (C=O) groups is 1. The Labute approximate surface area is 105 Å². The molecule has 0 radical (unpaired) electrons. The van der Waals surface area contributed by atoms with Crippen molar-refractivity contribution in [1.82, 2.24) is 4.98 Å². The van der Waals surface area contributed by atoms with Crippen LogP contribution in [0.3, 0.4) is 0 Å². The van der Waals surface area contributed by atoms with E-state index < -0.39 is 0 Å². The van der Waals surface area contributed by atoms with Crippen molar-refractivity contribution in [2.45, 2.75) is 19.4 Å². The Morgan fingerprint density at radius 3 is 2.83 bits per heavy atom. The Morgan fingerprint density at radius 1 is 1.22 bits per heavy atom. The van der Waals surface area contributed by atoms with E-state index in [1.807, 2.05) is 37.3 Å². The molecule has 0 fully saturated rings. The second-order valence-electron chi connectivity index (χ2n) is 4.46. The lowest BCUT2D eigenvalue weighted by Gasteiger charge is -2.25. The lowest BCUT2D eigenvalue weighted by atomic mass is 9.97. The van der Waals surface area contributed by atoms with Crippen molar-refractivity contribution in [3.63, 3.8) is 0 Å². The maximum absolute atomic E-state index is 12.0. The van der Waals surface area contributed by atoms with Crippen LogP contribution in [0, 0.1) is 6.92 Å². The molecule has 0 saturated carbocycles. The number of nitrogens with zero attached hydrogens (tertiary/aromatic N) is 1. The molecule has 0 bridgehead atoms. The van der Waals surface area contributed by atoms with Crippen LogP contribution in [0.25, 0.3) is 0 Å². The summed E-state index contributed by atoms with van der Waals surface area (Å²) in [5.74, 6) is 0.793. The predicted octanol–water partition coefficient (Wildman–Crippen LogP) is 3.10.